The summed E-state index contributed by atoms with van der Waals surface area (Å²) in [7, 11) is 0. The van der Waals surface area contributed by atoms with Crippen LogP contribution in [0.3, 0.4) is 0 Å². The van der Waals surface area contributed by atoms with Crippen molar-refractivity contribution < 1.29 is 4.79 Å². The van der Waals surface area contributed by atoms with Gasteiger partial charge in [0.05, 0.1) is 5.75 Å². The second-order valence-electron chi connectivity index (χ2n) is 4.39. The van der Waals surface area contributed by atoms with Crippen molar-refractivity contribution in [3.05, 3.63) is 0 Å². The lowest BCUT2D eigenvalue weighted by Crippen LogP contribution is -2.30. The lowest BCUT2D eigenvalue weighted by Gasteiger charge is -2.16. The number of amides is 1. The van der Waals surface area contributed by atoms with Gasteiger partial charge in [-0.05, 0) is 6.42 Å². The van der Waals surface area contributed by atoms with Crippen LogP contribution in [0.1, 0.15) is 34.1 Å². The van der Waals surface area contributed by atoms with E-state index in [2.05, 4.69) is 31.1 Å². The van der Waals surface area contributed by atoms with Crippen LogP contribution >= 0.6 is 11.8 Å². The van der Waals surface area contributed by atoms with E-state index in [1.807, 2.05) is 6.92 Å². The fourth-order valence-corrected chi connectivity index (χ4v) is 1.86. The molecule has 0 spiro atoms. The number of thioether (sulfide) groups is 1. The van der Waals surface area contributed by atoms with Gasteiger partial charge in [0, 0.05) is 4.75 Å². The van der Waals surface area contributed by atoms with Crippen LogP contribution in [0.5, 0.6) is 0 Å². The van der Waals surface area contributed by atoms with Crippen molar-refractivity contribution in [1.29, 1.82) is 0 Å². The molecule has 0 aromatic rings. The molecule has 1 rings (SSSR count). The molecule has 1 heterocycles. The molecule has 0 bridgehead atoms. The van der Waals surface area contributed by atoms with Crippen LogP contribution in [0.2, 0.25) is 0 Å². The second kappa shape index (κ2) is 4.34. The maximum absolute atomic E-state index is 11.3. The van der Waals surface area contributed by atoms with Gasteiger partial charge in [0.2, 0.25) is 5.91 Å². The van der Waals surface area contributed by atoms with E-state index in [1.165, 1.54) is 0 Å². The van der Waals surface area contributed by atoms with E-state index in [-0.39, 0.29) is 16.7 Å². The Bertz CT molecular complexity index is 255. The number of rotatable bonds is 3. The van der Waals surface area contributed by atoms with E-state index in [9.17, 15) is 4.79 Å². The third-order valence-electron chi connectivity index (χ3n) is 1.91. The van der Waals surface area contributed by atoms with Crippen molar-refractivity contribution in [3.63, 3.8) is 0 Å². The largest absolute Gasteiger partial charge is 0.312 e. The minimum Gasteiger partial charge on any atom is -0.312 e. The zero-order valence-corrected chi connectivity index (χ0v) is 10.1. The Morgan fingerprint density at radius 1 is 1.50 bits per heavy atom. The maximum Gasteiger partial charge on any atom is 0.250 e. The Labute approximate surface area is 89.7 Å². The van der Waals surface area contributed by atoms with E-state index in [0.717, 1.165) is 18.0 Å². The standard InChI is InChI=1S/C10H18N2OS/c1-5-7-9(13)12-8(11-7)6-14-10(2,3)4/h7H,5-6H2,1-4H3,(H,11,12,13). The monoisotopic (exact) mass is 214 g/mol. The summed E-state index contributed by atoms with van der Waals surface area (Å²) < 4.78 is 0.220. The van der Waals surface area contributed by atoms with Gasteiger partial charge in [-0.1, -0.05) is 27.7 Å². The second-order valence-corrected chi connectivity index (χ2v) is 6.19. The predicted molar refractivity (Wildman–Crippen MR) is 61.9 cm³/mol. The fraction of sp³-hybridized carbons (Fsp3) is 0.800. The smallest absolute Gasteiger partial charge is 0.250 e. The highest BCUT2D eigenvalue weighted by atomic mass is 32.2. The van der Waals surface area contributed by atoms with Crippen molar-refractivity contribution >= 4 is 23.5 Å². The van der Waals surface area contributed by atoms with Crippen molar-refractivity contribution in [2.75, 3.05) is 5.75 Å². The molecule has 0 aromatic carbocycles. The first-order chi connectivity index (χ1) is 6.42. The summed E-state index contributed by atoms with van der Waals surface area (Å²) in [6.45, 7) is 8.46. The highest BCUT2D eigenvalue weighted by Crippen LogP contribution is 2.23. The minimum atomic E-state index is -0.148. The number of amidine groups is 1. The van der Waals surface area contributed by atoms with Crippen LogP contribution in [-0.2, 0) is 4.79 Å². The summed E-state index contributed by atoms with van der Waals surface area (Å²) in [5, 5.41) is 2.82. The molecule has 0 saturated carbocycles. The van der Waals surface area contributed by atoms with Crippen LogP contribution in [0.4, 0.5) is 0 Å². The van der Waals surface area contributed by atoms with Crippen molar-refractivity contribution in [2.24, 2.45) is 4.99 Å². The maximum atomic E-state index is 11.3. The van der Waals surface area contributed by atoms with E-state index < -0.39 is 0 Å². The van der Waals surface area contributed by atoms with Gasteiger partial charge in [-0.15, -0.1) is 11.8 Å². The molecule has 0 aliphatic carbocycles. The molecule has 4 heteroatoms. The predicted octanol–water partition coefficient (Wildman–Crippen LogP) is 1.82. The molecule has 1 N–H and O–H groups in total. The van der Waals surface area contributed by atoms with Crippen LogP contribution in [-0.4, -0.2) is 28.3 Å². The van der Waals surface area contributed by atoms with Gasteiger partial charge in [0.1, 0.15) is 11.9 Å². The zero-order valence-electron chi connectivity index (χ0n) is 9.26. The molecule has 1 aliphatic heterocycles. The average molecular weight is 214 g/mol. The average Bonchev–Trinajstić information content (AvgIpc) is 2.42. The molecule has 0 radical (unpaired) electrons. The molecular weight excluding hydrogens is 196 g/mol. The molecule has 1 aliphatic rings. The highest BCUT2D eigenvalue weighted by molar-refractivity contribution is 8.01. The number of hydrogen-bond donors (Lipinski definition) is 1. The molecule has 14 heavy (non-hydrogen) atoms. The highest BCUT2D eigenvalue weighted by Gasteiger charge is 2.25. The van der Waals surface area contributed by atoms with Gasteiger partial charge in [-0.2, -0.15) is 0 Å². The van der Waals surface area contributed by atoms with Gasteiger partial charge < -0.3 is 5.32 Å². The summed E-state index contributed by atoms with van der Waals surface area (Å²) >= 11 is 1.80. The normalized spacial score (nSPS) is 22.1. The van der Waals surface area contributed by atoms with Crippen LogP contribution in [0, 0.1) is 0 Å². The number of aliphatic imine (C=N–C) groups is 1. The van der Waals surface area contributed by atoms with Gasteiger partial charge in [-0.3, -0.25) is 9.79 Å². The Kier molecular flexibility index (Phi) is 3.59. The molecule has 1 unspecified atom stereocenters. The van der Waals surface area contributed by atoms with E-state index in [4.69, 9.17) is 0 Å². The number of nitrogens with zero attached hydrogens (tertiary/aromatic N) is 1. The lowest BCUT2D eigenvalue weighted by atomic mass is 10.2. The molecule has 0 saturated heterocycles. The number of nitrogens with one attached hydrogen (secondary N) is 1. The summed E-state index contributed by atoms with van der Waals surface area (Å²) in [5.41, 5.74) is 0. The van der Waals surface area contributed by atoms with Crippen molar-refractivity contribution in [2.45, 2.75) is 44.9 Å². The van der Waals surface area contributed by atoms with Crippen molar-refractivity contribution in [3.8, 4) is 0 Å². The molecule has 80 valence electrons. The SMILES string of the molecule is CCC1N=C(CSC(C)(C)C)NC1=O. The van der Waals surface area contributed by atoms with Crippen LogP contribution < -0.4 is 5.32 Å². The lowest BCUT2D eigenvalue weighted by molar-refractivity contribution is -0.120. The number of carbonyl (C=O) groups excluding carboxylic acids is 1. The topological polar surface area (TPSA) is 41.5 Å². The summed E-state index contributed by atoms with van der Waals surface area (Å²) in [6, 6.07) is -0.148. The van der Waals surface area contributed by atoms with Crippen LogP contribution in [0.25, 0.3) is 0 Å². The van der Waals surface area contributed by atoms with Gasteiger partial charge in [0.25, 0.3) is 0 Å². The third kappa shape index (κ3) is 3.33. The third-order valence-corrected chi connectivity index (χ3v) is 3.19. The van der Waals surface area contributed by atoms with Gasteiger partial charge in [-0.25, -0.2) is 0 Å². The van der Waals surface area contributed by atoms with E-state index >= 15 is 0 Å². The first kappa shape index (κ1) is 11.6. The summed E-state index contributed by atoms with van der Waals surface area (Å²) in [4.78, 5) is 15.6. The quantitative estimate of drug-likeness (QED) is 0.778. The molecule has 3 nitrogen and oxygen atoms in total. The van der Waals surface area contributed by atoms with Crippen molar-refractivity contribution in [1.82, 2.24) is 5.32 Å². The minimum absolute atomic E-state index is 0.0528. The zero-order chi connectivity index (χ0) is 10.8. The van der Waals surface area contributed by atoms with Gasteiger partial charge in [0.15, 0.2) is 0 Å². The van der Waals surface area contributed by atoms with E-state index in [0.29, 0.717) is 0 Å². The Balaban J connectivity index is 2.44. The number of carbonyl (C=O) groups is 1. The van der Waals surface area contributed by atoms with Gasteiger partial charge >= 0.3 is 0 Å². The first-order valence-corrected chi connectivity index (χ1v) is 5.92. The Hall–Kier alpha value is -0.510. The Morgan fingerprint density at radius 2 is 2.14 bits per heavy atom. The summed E-state index contributed by atoms with van der Waals surface area (Å²) in [5.74, 6) is 1.69. The molecule has 0 aromatic heterocycles. The first-order valence-electron chi connectivity index (χ1n) is 4.94. The number of hydrogen-bond acceptors (Lipinski definition) is 3. The molecule has 1 amide bonds. The van der Waals surface area contributed by atoms with Crippen LogP contribution in [0.15, 0.2) is 4.99 Å². The Morgan fingerprint density at radius 3 is 2.57 bits per heavy atom. The molecule has 1 atom stereocenters. The van der Waals surface area contributed by atoms with E-state index in [1.54, 1.807) is 11.8 Å². The fourth-order valence-electron chi connectivity index (χ4n) is 1.14. The molecule has 0 fully saturated rings. The molecular formula is C10H18N2OS. The summed E-state index contributed by atoms with van der Waals surface area (Å²) in [6.07, 6.45) is 0.787.